The first-order valence-corrected chi connectivity index (χ1v) is 8.90. The largest absolute Gasteiger partial charge is 0.345 e. The van der Waals surface area contributed by atoms with E-state index in [1.165, 1.54) is 4.80 Å². The summed E-state index contributed by atoms with van der Waals surface area (Å²) in [5.74, 6) is -0.220. The lowest BCUT2D eigenvalue weighted by Gasteiger charge is -2.11. The Balaban J connectivity index is 1.52. The maximum atomic E-state index is 12.1. The maximum absolute atomic E-state index is 12.1. The molecule has 28 heavy (non-hydrogen) atoms. The van der Waals surface area contributed by atoms with E-state index in [2.05, 4.69) is 26.0 Å². The molecule has 0 fully saturated rings. The third-order valence-electron chi connectivity index (χ3n) is 4.24. The van der Waals surface area contributed by atoms with E-state index >= 15 is 0 Å². The molecule has 8 heteroatoms. The zero-order valence-electron chi connectivity index (χ0n) is 16.1. The molecular formula is C20H22N6O2. The molecule has 0 saturated heterocycles. The number of hydrogen-bond acceptors (Lipinski definition) is 5. The van der Waals surface area contributed by atoms with Gasteiger partial charge in [0, 0.05) is 11.3 Å². The molecule has 0 radical (unpaired) electrons. The summed E-state index contributed by atoms with van der Waals surface area (Å²) in [6.07, 6.45) is 0. The van der Waals surface area contributed by atoms with E-state index in [4.69, 9.17) is 0 Å². The summed E-state index contributed by atoms with van der Waals surface area (Å²) in [6, 6.07) is 13.5. The number of nitrogens with zero attached hydrogens (tertiary/aromatic N) is 4. The summed E-state index contributed by atoms with van der Waals surface area (Å²) in [5, 5.41) is 17.4. The summed E-state index contributed by atoms with van der Waals surface area (Å²) in [6.45, 7) is 5.59. The van der Waals surface area contributed by atoms with Gasteiger partial charge < -0.3 is 10.6 Å². The van der Waals surface area contributed by atoms with Crippen LogP contribution in [-0.4, -0.2) is 38.6 Å². The van der Waals surface area contributed by atoms with E-state index in [0.29, 0.717) is 5.82 Å². The first-order valence-electron chi connectivity index (χ1n) is 8.90. The smallest absolute Gasteiger partial charge is 0.244 e. The van der Waals surface area contributed by atoms with Gasteiger partial charge in [-0.3, -0.25) is 9.59 Å². The molecule has 0 bridgehead atoms. The van der Waals surface area contributed by atoms with E-state index in [1.807, 2.05) is 63.2 Å². The highest BCUT2D eigenvalue weighted by atomic mass is 16.2. The van der Waals surface area contributed by atoms with Crippen molar-refractivity contribution in [1.29, 1.82) is 0 Å². The lowest BCUT2D eigenvalue weighted by molar-refractivity contribution is -0.124. The molecule has 0 spiro atoms. The lowest BCUT2D eigenvalue weighted by atomic mass is 10.1. The molecule has 144 valence electrons. The normalized spacial score (nSPS) is 10.5. The summed E-state index contributed by atoms with van der Waals surface area (Å²) in [7, 11) is 0. The Morgan fingerprint density at radius 3 is 2.32 bits per heavy atom. The van der Waals surface area contributed by atoms with Crippen molar-refractivity contribution < 1.29 is 9.59 Å². The predicted octanol–water partition coefficient (Wildman–Crippen LogP) is 2.02. The van der Waals surface area contributed by atoms with Crippen LogP contribution in [0.4, 0.5) is 5.69 Å². The van der Waals surface area contributed by atoms with Gasteiger partial charge in [-0.25, -0.2) is 0 Å². The van der Waals surface area contributed by atoms with Crippen LogP contribution in [0.3, 0.4) is 0 Å². The lowest BCUT2D eigenvalue weighted by Crippen LogP contribution is -2.35. The maximum Gasteiger partial charge on any atom is 0.244 e. The molecule has 0 aliphatic rings. The molecule has 0 unspecified atom stereocenters. The predicted molar refractivity (Wildman–Crippen MR) is 106 cm³/mol. The quantitative estimate of drug-likeness (QED) is 0.683. The van der Waals surface area contributed by atoms with Gasteiger partial charge in [0.1, 0.15) is 6.54 Å². The van der Waals surface area contributed by atoms with E-state index in [0.717, 1.165) is 27.9 Å². The van der Waals surface area contributed by atoms with Crippen LogP contribution in [0.2, 0.25) is 0 Å². The Hall–Kier alpha value is -3.55. The summed E-state index contributed by atoms with van der Waals surface area (Å²) >= 11 is 0. The molecule has 3 aromatic rings. The zero-order valence-corrected chi connectivity index (χ0v) is 16.1. The third kappa shape index (κ3) is 4.79. The van der Waals surface area contributed by atoms with E-state index < -0.39 is 0 Å². The highest BCUT2D eigenvalue weighted by Gasteiger charge is 2.12. The van der Waals surface area contributed by atoms with E-state index in [1.54, 1.807) is 0 Å². The number of aryl methyl sites for hydroxylation is 3. The van der Waals surface area contributed by atoms with Gasteiger partial charge >= 0.3 is 0 Å². The number of aromatic nitrogens is 4. The van der Waals surface area contributed by atoms with E-state index in [9.17, 15) is 9.59 Å². The van der Waals surface area contributed by atoms with Gasteiger partial charge in [-0.05, 0) is 37.1 Å². The molecule has 2 N–H and O–H groups in total. The van der Waals surface area contributed by atoms with Crippen LogP contribution in [0.5, 0.6) is 0 Å². The van der Waals surface area contributed by atoms with Gasteiger partial charge in [0.15, 0.2) is 0 Å². The molecule has 1 heterocycles. The number of nitrogens with one attached hydrogen (secondary N) is 2. The number of carbonyl (C=O) groups excluding carboxylic acids is 2. The minimum Gasteiger partial charge on any atom is -0.345 e. The summed E-state index contributed by atoms with van der Waals surface area (Å²) in [4.78, 5) is 25.4. The van der Waals surface area contributed by atoms with Crippen molar-refractivity contribution in [2.24, 2.45) is 0 Å². The molecule has 0 aliphatic carbocycles. The molecule has 3 rings (SSSR count). The van der Waals surface area contributed by atoms with Crippen molar-refractivity contribution in [3.63, 3.8) is 0 Å². The zero-order chi connectivity index (χ0) is 20.1. The van der Waals surface area contributed by atoms with Gasteiger partial charge in [-0.1, -0.05) is 48.0 Å². The molecule has 0 saturated carbocycles. The average molecular weight is 378 g/mol. The van der Waals surface area contributed by atoms with Crippen molar-refractivity contribution in [1.82, 2.24) is 25.5 Å². The van der Waals surface area contributed by atoms with Crippen LogP contribution in [0.15, 0.2) is 42.5 Å². The molecule has 0 atom stereocenters. The standard InChI is InChI=1S/C20H22N6O2/c1-13-7-9-16(10-8-13)20-23-25-26(24-20)12-18(28)21-11-17(27)22-19-14(2)5-4-6-15(19)3/h4-10H,11-12H2,1-3H3,(H,21,28)(H,22,27). The number of tetrazole rings is 1. The Morgan fingerprint density at radius 2 is 1.64 bits per heavy atom. The van der Waals surface area contributed by atoms with Crippen LogP contribution < -0.4 is 10.6 Å². The average Bonchev–Trinajstić information content (AvgIpc) is 3.12. The van der Waals surface area contributed by atoms with Crippen LogP contribution in [-0.2, 0) is 16.1 Å². The van der Waals surface area contributed by atoms with Crippen LogP contribution >= 0.6 is 0 Å². The van der Waals surface area contributed by atoms with Crippen LogP contribution in [0.25, 0.3) is 11.4 Å². The first-order chi connectivity index (χ1) is 13.4. The molecule has 1 aromatic heterocycles. The molecule has 2 amide bonds. The number of hydrogen-bond donors (Lipinski definition) is 2. The number of amides is 2. The van der Waals surface area contributed by atoms with Crippen LogP contribution in [0, 0.1) is 20.8 Å². The van der Waals surface area contributed by atoms with Crippen molar-refractivity contribution >= 4 is 17.5 Å². The molecule has 2 aromatic carbocycles. The second-order valence-corrected chi connectivity index (χ2v) is 6.60. The number of benzene rings is 2. The molecular weight excluding hydrogens is 356 g/mol. The highest BCUT2D eigenvalue weighted by Crippen LogP contribution is 2.19. The summed E-state index contributed by atoms with van der Waals surface area (Å²) in [5.41, 5.74) is 4.66. The Morgan fingerprint density at radius 1 is 0.964 bits per heavy atom. The van der Waals surface area contributed by atoms with Crippen LogP contribution in [0.1, 0.15) is 16.7 Å². The first kappa shape index (κ1) is 19.2. The fraction of sp³-hybridized carbons (Fsp3) is 0.250. The van der Waals surface area contributed by atoms with Gasteiger partial charge in [0.2, 0.25) is 17.6 Å². The number of para-hydroxylation sites is 1. The van der Waals surface area contributed by atoms with Crippen molar-refractivity contribution in [3.8, 4) is 11.4 Å². The SMILES string of the molecule is Cc1ccc(-c2nnn(CC(=O)NCC(=O)Nc3c(C)cccc3C)n2)cc1. The monoisotopic (exact) mass is 378 g/mol. The second-order valence-electron chi connectivity index (χ2n) is 6.60. The van der Waals surface area contributed by atoms with Gasteiger partial charge in [0.25, 0.3) is 0 Å². The van der Waals surface area contributed by atoms with Crippen molar-refractivity contribution in [2.45, 2.75) is 27.3 Å². The Labute approximate surface area is 163 Å². The summed E-state index contributed by atoms with van der Waals surface area (Å²) < 4.78 is 0. The molecule has 0 aliphatic heterocycles. The Kier molecular flexibility index (Phi) is 5.78. The van der Waals surface area contributed by atoms with E-state index in [-0.39, 0.29) is 24.9 Å². The third-order valence-corrected chi connectivity index (χ3v) is 4.24. The second kappa shape index (κ2) is 8.43. The minimum atomic E-state index is -0.371. The fourth-order valence-corrected chi connectivity index (χ4v) is 2.69. The van der Waals surface area contributed by atoms with Crippen molar-refractivity contribution in [3.05, 3.63) is 59.2 Å². The highest BCUT2D eigenvalue weighted by molar-refractivity contribution is 5.95. The van der Waals surface area contributed by atoms with Crippen molar-refractivity contribution in [2.75, 3.05) is 11.9 Å². The number of rotatable bonds is 6. The minimum absolute atomic E-state index is 0.116. The fourth-order valence-electron chi connectivity index (χ4n) is 2.69. The topological polar surface area (TPSA) is 102 Å². The van der Waals surface area contributed by atoms with Gasteiger partial charge in [0.05, 0.1) is 6.54 Å². The van der Waals surface area contributed by atoms with Gasteiger partial charge in [-0.15, -0.1) is 10.2 Å². The number of carbonyl (C=O) groups is 2. The molecule has 8 nitrogen and oxygen atoms in total. The van der Waals surface area contributed by atoms with Gasteiger partial charge in [-0.2, -0.15) is 4.80 Å². The Bertz CT molecular complexity index is 974. The number of anilines is 1.